The Kier molecular flexibility index (Phi) is 4.96. The molecule has 6 heteroatoms. The Balaban J connectivity index is 1.53. The van der Waals surface area contributed by atoms with E-state index in [1.54, 1.807) is 18.2 Å². The molecule has 0 radical (unpaired) electrons. The highest BCUT2D eigenvalue weighted by Gasteiger charge is 2.36. The third-order valence-corrected chi connectivity index (χ3v) is 5.45. The van der Waals surface area contributed by atoms with Crippen molar-refractivity contribution in [2.75, 3.05) is 26.2 Å². The summed E-state index contributed by atoms with van der Waals surface area (Å²) in [4.78, 5) is 41.4. The molecule has 1 fully saturated rings. The van der Waals surface area contributed by atoms with E-state index in [0.717, 1.165) is 18.7 Å². The van der Waals surface area contributed by atoms with E-state index in [9.17, 15) is 14.4 Å². The van der Waals surface area contributed by atoms with Crippen LogP contribution >= 0.6 is 0 Å². The number of rotatable bonds is 4. The minimum atomic E-state index is -0.320. The average molecular weight is 377 g/mol. The number of carbonyl (C=O) groups excluding carboxylic acids is 3. The number of hydrogen-bond donors (Lipinski definition) is 1. The molecule has 6 nitrogen and oxygen atoms in total. The smallest absolute Gasteiger partial charge is 0.261 e. The molecule has 3 amide bonds. The molecule has 2 aliphatic rings. The van der Waals surface area contributed by atoms with Crippen LogP contribution in [0.25, 0.3) is 0 Å². The zero-order valence-corrected chi connectivity index (χ0v) is 15.9. The number of imide groups is 1. The Morgan fingerprint density at radius 3 is 2.57 bits per heavy atom. The highest BCUT2D eigenvalue weighted by molar-refractivity contribution is 6.22. The maximum Gasteiger partial charge on any atom is 0.261 e. The Hall–Kier alpha value is -2.99. The van der Waals surface area contributed by atoms with Crippen molar-refractivity contribution in [3.05, 3.63) is 70.8 Å². The fraction of sp³-hybridized carbons (Fsp3) is 0.318. The third-order valence-electron chi connectivity index (χ3n) is 5.45. The number of piperazine rings is 1. The second-order valence-corrected chi connectivity index (χ2v) is 7.31. The largest absolute Gasteiger partial charge is 0.333 e. The molecule has 1 N–H and O–H groups in total. The van der Waals surface area contributed by atoms with E-state index in [1.807, 2.05) is 42.2 Å². The average Bonchev–Trinajstić information content (AvgIpc) is 2.96. The van der Waals surface area contributed by atoms with Gasteiger partial charge < -0.3 is 10.2 Å². The predicted octanol–water partition coefficient (Wildman–Crippen LogP) is 1.96. The molecule has 0 saturated carbocycles. The number of nitrogens with zero attached hydrogens (tertiary/aromatic N) is 2. The summed E-state index contributed by atoms with van der Waals surface area (Å²) < 4.78 is 0. The van der Waals surface area contributed by atoms with Crippen LogP contribution in [0.2, 0.25) is 0 Å². The van der Waals surface area contributed by atoms with Gasteiger partial charge in [0.05, 0.1) is 11.1 Å². The van der Waals surface area contributed by atoms with Gasteiger partial charge in [-0.1, -0.05) is 30.3 Å². The fourth-order valence-electron chi connectivity index (χ4n) is 3.82. The van der Waals surface area contributed by atoms with Crippen molar-refractivity contribution in [2.24, 2.45) is 0 Å². The molecule has 0 spiro atoms. The highest BCUT2D eigenvalue weighted by atomic mass is 16.2. The third kappa shape index (κ3) is 3.31. The molecule has 2 aliphatic heterocycles. The Bertz CT molecular complexity index is 926. The number of amides is 3. The number of hydrogen-bond acceptors (Lipinski definition) is 4. The maximum atomic E-state index is 12.9. The molecular formula is C22H23N3O3. The van der Waals surface area contributed by atoms with E-state index in [-0.39, 0.29) is 23.8 Å². The van der Waals surface area contributed by atoms with E-state index < -0.39 is 0 Å². The van der Waals surface area contributed by atoms with Gasteiger partial charge in [-0.2, -0.15) is 0 Å². The summed E-state index contributed by atoms with van der Waals surface area (Å²) in [5.74, 6) is -0.704. The molecule has 144 valence electrons. The lowest BCUT2D eigenvalue weighted by molar-refractivity contribution is 0.0648. The van der Waals surface area contributed by atoms with Gasteiger partial charge in [-0.25, -0.2) is 0 Å². The van der Waals surface area contributed by atoms with Gasteiger partial charge in [-0.05, 0) is 37.1 Å². The van der Waals surface area contributed by atoms with Gasteiger partial charge in [0, 0.05) is 37.8 Å². The van der Waals surface area contributed by atoms with Crippen LogP contribution in [-0.4, -0.2) is 59.7 Å². The van der Waals surface area contributed by atoms with Gasteiger partial charge in [-0.3, -0.25) is 19.3 Å². The van der Waals surface area contributed by atoms with Crippen molar-refractivity contribution < 1.29 is 14.4 Å². The van der Waals surface area contributed by atoms with Crippen molar-refractivity contribution >= 4 is 17.7 Å². The van der Waals surface area contributed by atoms with Crippen molar-refractivity contribution in [3.8, 4) is 0 Å². The summed E-state index contributed by atoms with van der Waals surface area (Å²) in [6.45, 7) is 4.46. The molecule has 1 unspecified atom stereocenters. The SMILES string of the molecule is CC1CNCCN1C(=O)c1ccc2c(c1)C(=O)N(CCc1ccccc1)C2=O. The molecule has 1 saturated heterocycles. The molecule has 4 rings (SSSR count). The molecule has 0 bridgehead atoms. The lowest BCUT2D eigenvalue weighted by atomic mass is 10.0. The van der Waals surface area contributed by atoms with Gasteiger partial charge in [-0.15, -0.1) is 0 Å². The summed E-state index contributed by atoms with van der Waals surface area (Å²) in [6.07, 6.45) is 0.608. The first-order chi connectivity index (χ1) is 13.6. The van der Waals surface area contributed by atoms with Crippen molar-refractivity contribution in [3.63, 3.8) is 0 Å². The molecule has 2 aromatic carbocycles. The fourth-order valence-corrected chi connectivity index (χ4v) is 3.82. The van der Waals surface area contributed by atoms with Crippen LogP contribution in [0, 0.1) is 0 Å². The first-order valence-electron chi connectivity index (χ1n) is 9.62. The van der Waals surface area contributed by atoms with E-state index >= 15 is 0 Å². The summed E-state index contributed by atoms with van der Waals surface area (Å²) in [7, 11) is 0. The maximum absolute atomic E-state index is 12.9. The van der Waals surface area contributed by atoms with E-state index in [2.05, 4.69) is 5.32 Å². The standard InChI is InChI=1S/C22H23N3O3/c1-15-14-23-10-12-24(15)20(26)17-7-8-18-19(13-17)22(28)25(21(18)27)11-9-16-5-3-2-4-6-16/h2-8,13,15,23H,9-12,14H2,1H3. The summed E-state index contributed by atoms with van der Waals surface area (Å²) >= 11 is 0. The first-order valence-corrected chi connectivity index (χ1v) is 9.62. The van der Waals surface area contributed by atoms with Gasteiger partial charge in [0.2, 0.25) is 0 Å². The zero-order chi connectivity index (χ0) is 19.7. The van der Waals surface area contributed by atoms with Gasteiger partial charge in [0.15, 0.2) is 0 Å². The van der Waals surface area contributed by atoms with Gasteiger partial charge in [0.1, 0.15) is 0 Å². The molecule has 2 heterocycles. The second-order valence-electron chi connectivity index (χ2n) is 7.31. The summed E-state index contributed by atoms with van der Waals surface area (Å²) in [5, 5.41) is 3.26. The second kappa shape index (κ2) is 7.56. The minimum absolute atomic E-state index is 0.0919. The lowest BCUT2D eigenvalue weighted by Crippen LogP contribution is -2.52. The quantitative estimate of drug-likeness (QED) is 0.827. The number of carbonyl (C=O) groups is 3. The van der Waals surface area contributed by atoms with Crippen LogP contribution in [0.4, 0.5) is 0 Å². The van der Waals surface area contributed by atoms with Crippen LogP contribution in [0.1, 0.15) is 43.6 Å². The molecular weight excluding hydrogens is 354 g/mol. The summed E-state index contributed by atoms with van der Waals surface area (Å²) in [6, 6.07) is 14.7. The van der Waals surface area contributed by atoms with Crippen molar-refractivity contribution in [1.29, 1.82) is 0 Å². The predicted molar refractivity (Wildman–Crippen MR) is 105 cm³/mol. The minimum Gasteiger partial charge on any atom is -0.333 e. The topological polar surface area (TPSA) is 69.7 Å². The number of fused-ring (bicyclic) bond motifs is 1. The van der Waals surface area contributed by atoms with Crippen LogP contribution in [0.3, 0.4) is 0 Å². The molecule has 0 aliphatic carbocycles. The first kappa shape index (κ1) is 18.4. The Morgan fingerprint density at radius 2 is 1.82 bits per heavy atom. The summed E-state index contributed by atoms with van der Waals surface area (Å²) in [5.41, 5.74) is 2.23. The van der Waals surface area contributed by atoms with E-state index in [1.165, 1.54) is 4.90 Å². The molecule has 2 aromatic rings. The Labute approximate surface area is 164 Å². The van der Waals surface area contributed by atoms with Crippen molar-refractivity contribution in [1.82, 2.24) is 15.1 Å². The van der Waals surface area contributed by atoms with Crippen molar-refractivity contribution in [2.45, 2.75) is 19.4 Å². The number of benzene rings is 2. The lowest BCUT2D eigenvalue weighted by Gasteiger charge is -2.34. The van der Waals surface area contributed by atoms with Gasteiger partial charge >= 0.3 is 0 Å². The molecule has 0 aromatic heterocycles. The van der Waals surface area contributed by atoms with Crippen LogP contribution in [0.15, 0.2) is 48.5 Å². The van der Waals surface area contributed by atoms with E-state index in [0.29, 0.717) is 36.2 Å². The zero-order valence-electron chi connectivity index (χ0n) is 15.9. The van der Waals surface area contributed by atoms with Gasteiger partial charge in [0.25, 0.3) is 17.7 Å². The highest BCUT2D eigenvalue weighted by Crippen LogP contribution is 2.25. The number of nitrogens with one attached hydrogen (secondary N) is 1. The molecule has 1 atom stereocenters. The monoisotopic (exact) mass is 377 g/mol. The van der Waals surface area contributed by atoms with E-state index in [4.69, 9.17) is 0 Å². The Morgan fingerprint density at radius 1 is 1.07 bits per heavy atom. The normalized spacial score (nSPS) is 19.1. The van der Waals surface area contributed by atoms with Crippen LogP contribution in [-0.2, 0) is 6.42 Å². The molecule has 28 heavy (non-hydrogen) atoms. The van der Waals surface area contributed by atoms with Crippen LogP contribution in [0.5, 0.6) is 0 Å². The van der Waals surface area contributed by atoms with Crippen LogP contribution < -0.4 is 5.32 Å².